The van der Waals surface area contributed by atoms with Crippen molar-refractivity contribution >= 4 is 11.6 Å². The third kappa shape index (κ3) is 2.90. The third-order valence-corrected chi connectivity index (χ3v) is 3.34. The van der Waals surface area contributed by atoms with E-state index in [-0.39, 0.29) is 18.1 Å². The molecule has 1 aliphatic rings. The zero-order valence-electron chi connectivity index (χ0n) is 12.9. The van der Waals surface area contributed by atoms with Crippen molar-refractivity contribution in [2.75, 3.05) is 11.9 Å². The Morgan fingerprint density at radius 1 is 1.32 bits per heavy atom. The smallest absolute Gasteiger partial charge is 0.269 e. The van der Waals surface area contributed by atoms with Gasteiger partial charge in [0.05, 0.1) is 17.4 Å². The van der Waals surface area contributed by atoms with E-state index >= 15 is 0 Å². The number of ether oxygens (including phenoxy) is 2. The molecule has 3 rings (SSSR count). The van der Waals surface area contributed by atoms with Crippen molar-refractivity contribution in [1.29, 1.82) is 0 Å². The number of carbonyl (C=O) groups is 1. The molecule has 22 heavy (non-hydrogen) atoms. The Balaban J connectivity index is 1.67. The first kappa shape index (κ1) is 14.4. The van der Waals surface area contributed by atoms with E-state index in [0.717, 1.165) is 0 Å². The van der Waals surface area contributed by atoms with Crippen molar-refractivity contribution in [3.8, 4) is 11.5 Å². The number of aromatic nitrogens is 2. The van der Waals surface area contributed by atoms with Crippen LogP contribution in [0.2, 0.25) is 0 Å². The topological polar surface area (TPSA) is 65.4 Å². The van der Waals surface area contributed by atoms with Crippen LogP contribution in [0.1, 0.15) is 20.8 Å². The summed E-state index contributed by atoms with van der Waals surface area (Å²) in [6.45, 7) is 6.32. The molecular formula is C16H19N3O3. The number of benzene rings is 1. The average Bonchev–Trinajstić information content (AvgIpc) is 2.95. The van der Waals surface area contributed by atoms with Gasteiger partial charge in [0, 0.05) is 6.20 Å². The van der Waals surface area contributed by atoms with Crippen LogP contribution in [0.4, 0.5) is 5.69 Å². The first-order valence-corrected chi connectivity index (χ1v) is 7.18. The summed E-state index contributed by atoms with van der Waals surface area (Å²) >= 11 is 0. The third-order valence-electron chi connectivity index (χ3n) is 3.34. The standard InChI is InChI=1S/C16H19N3O3/c1-16(2,3)19-9-11(8-17-19)18-15(20)14-10-21-12-6-4-5-7-13(12)22-14/h4-9,14H,10H2,1-3H3,(H,18,20). The summed E-state index contributed by atoms with van der Waals surface area (Å²) in [5, 5.41) is 7.06. The quantitative estimate of drug-likeness (QED) is 0.925. The molecule has 0 fully saturated rings. The lowest BCUT2D eigenvalue weighted by Crippen LogP contribution is -2.40. The van der Waals surface area contributed by atoms with E-state index in [0.29, 0.717) is 17.2 Å². The number of fused-ring (bicyclic) bond motifs is 1. The number of para-hydroxylation sites is 2. The van der Waals surface area contributed by atoms with Crippen LogP contribution < -0.4 is 14.8 Å². The van der Waals surface area contributed by atoms with Crippen molar-refractivity contribution in [3.63, 3.8) is 0 Å². The molecule has 0 radical (unpaired) electrons. The molecule has 1 aromatic heterocycles. The number of hydrogen-bond acceptors (Lipinski definition) is 4. The highest BCUT2D eigenvalue weighted by atomic mass is 16.6. The molecule has 2 aromatic rings. The van der Waals surface area contributed by atoms with Gasteiger partial charge in [-0.25, -0.2) is 0 Å². The van der Waals surface area contributed by atoms with Crippen LogP contribution in [0.5, 0.6) is 11.5 Å². The van der Waals surface area contributed by atoms with E-state index in [1.165, 1.54) is 0 Å². The van der Waals surface area contributed by atoms with E-state index in [4.69, 9.17) is 9.47 Å². The monoisotopic (exact) mass is 301 g/mol. The molecule has 0 saturated carbocycles. The van der Waals surface area contributed by atoms with Gasteiger partial charge in [0.25, 0.3) is 5.91 Å². The summed E-state index contributed by atoms with van der Waals surface area (Å²) < 4.78 is 13.0. The second kappa shape index (κ2) is 5.36. The second-order valence-corrected chi connectivity index (χ2v) is 6.20. The number of nitrogens with zero attached hydrogens (tertiary/aromatic N) is 2. The Morgan fingerprint density at radius 2 is 2.05 bits per heavy atom. The fourth-order valence-electron chi connectivity index (χ4n) is 2.13. The van der Waals surface area contributed by atoms with Crippen molar-refractivity contribution in [3.05, 3.63) is 36.7 Å². The van der Waals surface area contributed by atoms with Gasteiger partial charge in [0.1, 0.15) is 6.61 Å². The fourth-order valence-corrected chi connectivity index (χ4v) is 2.13. The maximum absolute atomic E-state index is 12.3. The molecule has 0 spiro atoms. The molecule has 1 atom stereocenters. The Morgan fingerprint density at radius 3 is 2.73 bits per heavy atom. The van der Waals surface area contributed by atoms with E-state index < -0.39 is 6.10 Å². The minimum absolute atomic E-state index is 0.133. The van der Waals surface area contributed by atoms with Crippen LogP contribution in [0.3, 0.4) is 0 Å². The predicted octanol–water partition coefficient (Wildman–Crippen LogP) is 2.42. The highest BCUT2D eigenvalue weighted by Gasteiger charge is 2.27. The van der Waals surface area contributed by atoms with Gasteiger partial charge in [0.2, 0.25) is 6.10 Å². The van der Waals surface area contributed by atoms with Crippen molar-refractivity contribution in [1.82, 2.24) is 9.78 Å². The van der Waals surface area contributed by atoms with Gasteiger partial charge in [-0.2, -0.15) is 5.10 Å². The van der Waals surface area contributed by atoms with E-state index in [1.54, 1.807) is 23.1 Å². The van der Waals surface area contributed by atoms with Gasteiger partial charge < -0.3 is 14.8 Å². The Kier molecular flexibility index (Phi) is 3.52. The van der Waals surface area contributed by atoms with Gasteiger partial charge in [-0.3, -0.25) is 9.48 Å². The molecule has 0 saturated heterocycles. The summed E-state index contributed by atoms with van der Waals surface area (Å²) in [5.41, 5.74) is 0.509. The van der Waals surface area contributed by atoms with E-state index in [1.807, 2.05) is 39.0 Å². The Bertz CT molecular complexity index is 688. The number of carbonyl (C=O) groups excluding carboxylic acids is 1. The molecule has 1 amide bonds. The zero-order chi connectivity index (χ0) is 15.7. The van der Waals surface area contributed by atoms with Crippen LogP contribution in [-0.4, -0.2) is 28.4 Å². The van der Waals surface area contributed by atoms with Crippen LogP contribution in [0.15, 0.2) is 36.7 Å². The van der Waals surface area contributed by atoms with Gasteiger partial charge in [0.15, 0.2) is 11.5 Å². The predicted molar refractivity (Wildman–Crippen MR) is 82.2 cm³/mol. The van der Waals surface area contributed by atoms with Crippen molar-refractivity contribution in [2.24, 2.45) is 0 Å². The molecule has 1 aliphatic heterocycles. The molecule has 1 unspecified atom stereocenters. The minimum Gasteiger partial charge on any atom is -0.485 e. The highest BCUT2D eigenvalue weighted by molar-refractivity contribution is 5.94. The Hall–Kier alpha value is -2.50. The van der Waals surface area contributed by atoms with E-state index in [2.05, 4.69) is 10.4 Å². The first-order valence-electron chi connectivity index (χ1n) is 7.18. The van der Waals surface area contributed by atoms with Gasteiger partial charge in [-0.1, -0.05) is 12.1 Å². The molecular weight excluding hydrogens is 282 g/mol. The zero-order valence-corrected chi connectivity index (χ0v) is 12.9. The molecule has 1 N–H and O–H groups in total. The number of hydrogen-bond donors (Lipinski definition) is 1. The van der Waals surface area contributed by atoms with Crippen LogP contribution in [0.25, 0.3) is 0 Å². The molecule has 6 heteroatoms. The molecule has 116 valence electrons. The summed E-state index contributed by atoms with van der Waals surface area (Å²) in [7, 11) is 0. The van der Waals surface area contributed by atoms with Gasteiger partial charge in [-0.05, 0) is 32.9 Å². The van der Waals surface area contributed by atoms with Crippen LogP contribution in [0, 0.1) is 0 Å². The van der Waals surface area contributed by atoms with Crippen LogP contribution in [-0.2, 0) is 10.3 Å². The number of rotatable bonds is 2. The lowest BCUT2D eigenvalue weighted by molar-refractivity contribution is -0.125. The minimum atomic E-state index is -0.673. The number of amides is 1. The summed E-state index contributed by atoms with van der Waals surface area (Å²) in [4.78, 5) is 12.3. The normalized spacial score (nSPS) is 17.1. The maximum atomic E-state index is 12.3. The van der Waals surface area contributed by atoms with Crippen molar-refractivity contribution < 1.29 is 14.3 Å². The number of nitrogens with one attached hydrogen (secondary N) is 1. The van der Waals surface area contributed by atoms with Crippen LogP contribution >= 0.6 is 0 Å². The lowest BCUT2D eigenvalue weighted by Gasteiger charge is -2.25. The average molecular weight is 301 g/mol. The lowest BCUT2D eigenvalue weighted by atomic mass is 10.1. The molecule has 2 heterocycles. The molecule has 1 aromatic carbocycles. The second-order valence-electron chi connectivity index (χ2n) is 6.20. The fraction of sp³-hybridized carbons (Fsp3) is 0.375. The summed E-state index contributed by atoms with van der Waals surface area (Å²) in [5.74, 6) is 0.995. The van der Waals surface area contributed by atoms with Gasteiger partial charge in [-0.15, -0.1) is 0 Å². The molecule has 0 bridgehead atoms. The summed E-state index contributed by atoms with van der Waals surface area (Å²) in [6, 6.07) is 7.31. The molecule has 6 nitrogen and oxygen atoms in total. The number of anilines is 1. The van der Waals surface area contributed by atoms with Crippen molar-refractivity contribution in [2.45, 2.75) is 32.4 Å². The SMILES string of the molecule is CC(C)(C)n1cc(NC(=O)C2COc3ccccc3O2)cn1. The maximum Gasteiger partial charge on any atom is 0.269 e. The highest BCUT2D eigenvalue weighted by Crippen LogP contribution is 2.31. The summed E-state index contributed by atoms with van der Waals surface area (Å²) in [6.07, 6.45) is 2.75. The first-order chi connectivity index (χ1) is 10.4. The Labute approximate surface area is 129 Å². The van der Waals surface area contributed by atoms with E-state index in [9.17, 15) is 4.79 Å². The largest absolute Gasteiger partial charge is 0.485 e. The van der Waals surface area contributed by atoms with Gasteiger partial charge >= 0.3 is 0 Å². The molecule has 0 aliphatic carbocycles.